The largest absolute Gasteiger partial charge is 0.310 e. The van der Waals surface area contributed by atoms with Crippen molar-refractivity contribution in [3.8, 4) is 11.8 Å². The lowest BCUT2D eigenvalue weighted by Crippen LogP contribution is -2.52. The Morgan fingerprint density at radius 1 is 1.24 bits per heavy atom. The van der Waals surface area contributed by atoms with Crippen LogP contribution in [0.4, 0.5) is 10.2 Å². The van der Waals surface area contributed by atoms with E-state index in [4.69, 9.17) is 0 Å². The maximum Gasteiger partial charge on any atom is 0.239 e. The molecule has 2 aromatic rings. The van der Waals surface area contributed by atoms with E-state index >= 15 is 0 Å². The number of nitriles is 1. The lowest BCUT2D eigenvalue weighted by Gasteiger charge is -2.37. The number of carbonyl (C=O) groups is 1. The van der Waals surface area contributed by atoms with Crippen LogP contribution < -0.4 is 5.32 Å². The molecule has 2 aliphatic rings. The van der Waals surface area contributed by atoms with Crippen LogP contribution in [-0.2, 0) is 14.6 Å². The van der Waals surface area contributed by atoms with Crippen LogP contribution in [0.2, 0.25) is 0 Å². The molecule has 0 spiro atoms. The quantitative estimate of drug-likeness (QED) is 0.712. The number of halogens is 1. The zero-order valence-electron chi connectivity index (χ0n) is 18.8. The van der Waals surface area contributed by atoms with Gasteiger partial charge in [0, 0.05) is 37.9 Å². The van der Waals surface area contributed by atoms with Gasteiger partial charge in [-0.05, 0) is 44.0 Å². The van der Waals surface area contributed by atoms with Gasteiger partial charge in [0.05, 0.1) is 29.3 Å². The number of carbonyl (C=O) groups excluding carboxylic acids is 1. The van der Waals surface area contributed by atoms with E-state index in [1.165, 1.54) is 12.1 Å². The number of hydrogen-bond donors (Lipinski definition) is 1. The lowest BCUT2D eigenvalue weighted by atomic mass is 10.2. The van der Waals surface area contributed by atoms with Gasteiger partial charge in [0.1, 0.15) is 17.7 Å². The normalized spacial score (nSPS) is 21.1. The summed E-state index contributed by atoms with van der Waals surface area (Å²) in [5.41, 5.74) is 2.38. The monoisotopic (exact) mass is 473 g/mol. The van der Waals surface area contributed by atoms with Gasteiger partial charge in [0.25, 0.3) is 0 Å². The highest BCUT2D eigenvalue weighted by Gasteiger charge is 2.34. The first-order valence-electron chi connectivity index (χ1n) is 11.0. The average molecular weight is 474 g/mol. The van der Waals surface area contributed by atoms with Crippen molar-refractivity contribution in [2.75, 3.05) is 49.5 Å². The van der Waals surface area contributed by atoms with Crippen LogP contribution in [0.1, 0.15) is 23.2 Å². The number of piperazine rings is 1. The standard InChI is InChI=1S/C23H28FN5O3S/c1-16-17(2)29(19-5-3-4-18(24)12-19)23(21(16)13-25)26-22(30)14-27-7-9-28(10-8-27)20-6-11-33(31,32)15-20/h3-5,12,20H,6-11,14-15H2,1-2H3,(H,26,30)/t20-/m1/s1. The molecule has 4 rings (SSSR count). The van der Waals surface area contributed by atoms with Crippen LogP contribution in [0.3, 0.4) is 0 Å². The highest BCUT2D eigenvalue weighted by Crippen LogP contribution is 2.30. The van der Waals surface area contributed by atoms with E-state index in [-0.39, 0.29) is 30.0 Å². The Hall–Kier alpha value is -2.74. The van der Waals surface area contributed by atoms with Gasteiger partial charge in [-0.25, -0.2) is 12.8 Å². The molecule has 2 saturated heterocycles. The molecule has 1 aromatic carbocycles. The van der Waals surface area contributed by atoms with Crippen molar-refractivity contribution in [2.24, 2.45) is 0 Å². The van der Waals surface area contributed by atoms with Crippen molar-refractivity contribution < 1.29 is 17.6 Å². The first-order valence-corrected chi connectivity index (χ1v) is 12.9. The molecular weight excluding hydrogens is 445 g/mol. The van der Waals surface area contributed by atoms with Crippen molar-refractivity contribution in [3.63, 3.8) is 0 Å². The summed E-state index contributed by atoms with van der Waals surface area (Å²) in [6, 6.07) is 8.27. The Balaban J connectivity index is 1.44. The van der Waals surface area contributed by atoms with Crippen molar-refractivity contribution in [2.45, 2.75) is 26.3 Å². The maximum absolute atomic E-state index is 13.9. The van der Waals surface area contributed by atoms with Gasteiger partial charge in [-0.1, -0.05) is 6.07 Å². The Morgan fingerprint density at radius 2 is 1.97 bits per heavy atom. The Morgan fingerprint density at radius 3 is 2.58 bits per heavy atom. The van der Waals surface area contributed by atoms with E-state index in [0.717, 1.165) is 24.3 Å². The van der Waals surface area contributed by atoms with E-state index < -0.39 is 15.7 Å². The van der Waals surface area contributed by atoms with E-state index in [1.54, 1.807) is 16.7 Å². The summed E-state index contributed by atoms with van der Waals surface area (Å²) >= 11 is 0. The summed E-state index contributed by atoms with van der Waals surface area (Å²) in [6.07, 6.45) is 0.676. The molecule has 33 heavy (non-hydrogen) atoms. The molecule has 3 heterocycles. The summed E-state index contributed by atoms with van der Waals surface area (Å²) in [7, 11) is -2.92. The van der Waals surface area contributed by atoms with Crippen LogP contribution in [0.5, 0.6) is 0 Å². The second kappa shape index (κ2) is 9.25. The molecule has 1 atom stereocenters. The van der Waals surface area contributed by atoms with Gasteiger partial charge in [0.15, 0.2) is 9.84 Å². The third-order valence-electron chi connectivity index (χ3n) is 6.65. The fourth-order valence-corrected chi connectivity index (χ4v) is 6.49. The van der Waals surface area contributed by atoms with Crippen molar-refractivity contribution >= 4 is 21.6 Å². The summed E-state index contributed by atoms with van der Waals surface area (Å²) in [6.45, 7) is 6.56. The molecule has 2 aliphatic heterocycles. The number of nitrogens with zero attached hydrogens (tertiary/aromatic N) is 4. The fourth-order valence-electron chi connectivity index (χ4n) is 4.72. The number of hydrogen-bond acceptors (Lipinski definition) is 6. The number of rotatable bonds is 5. The number of sulfone groups is 1. The maximum atomic E-state index is 13.9. The minimum atomic E-state index is -2.92. The van der Waals surface area contributed by atoms with Crippen LogP contribution >= 0.6 is 0 Å². The minimum Gasteiger partial charge on any atom is -0.310 e. The van der Waals surface area contributed by atoms with Gasteiger partial charge < -0.3 is 5.32 Å². The smallest absolute Gasteiger partial charge is 0.239 e. The predicted molar refractivity (Wildman–Crippen MR) is 124 cm³/mol. The highest BCUT2D eigenvalue weighted by molar-refractivity contribution is 7.91. The molecule has 0 unspecified atom stereocenters. The molecule has 0 bridgehead atoms. The molecule has 10 heteroatoms. The van der Waals surface area contributed by atoms with E-state index in [9.17, 15) is 22.9 Å². The van der Waals surface area contributed by atoms with Crippen molar-refractivity contribution in [1.29, 1.82) is 5.26 Å². The third-order valence-corrected chi connectivity index (χ3v) is 8.40. The van der Waals surface area contributed by atoms with Crippen LogP contribution in [0.25, 0.3) is 5.69 Å². The zero-order valence-corrected chi connectivity index (χ0v) is 19.7. The summed E-state index contributed by atoms with van der Waals surface area (Å²) in [5, 5.41) is 12.6. The Labute approximate surface area is 193 Å². The van der Waals surface area contributed by atoms with Crippen molar-refractivity contribution in [1.82, 2.24) is 14.4 Å². The van der Waals surface area contributed by atoms with Gasteiger partial charge in [-0.3, -0.25) is 19.2 Å². The molecular formula is C23H28FN5O3S. The predicted octanol–water partition coefficient (Wildman–Crippen LogP) is 1.85. The van der Waals surface area contributed by atoms with Gasteiger partial charge in [-0.2, -0.15) is 5.26 Å². The van der Waals surface area contributed by atoms with E-state index in [0.29, 0.717) is 36.6 Å². The minimum absolute atomic E-state index is 0.0738. The summed E-state index contributed by atoms with van der Waals surface area (Å²) < 4.78 is 39.1. The summed E-state index contributed by atoms with van der Waals surface area (Å²) in [5.74, 6) is 0.171. The second-order valence-corrected chi connectivity index (χ2v) is 11.0. The van der Waals surface area contributed by atoms with Crippen LogP contribution in [0.15, 0.2) is 24.3 Å². The molecule has 176 valence electrons. The third kappa shape index (κ3) is 4.95. The molecule has 2 fully saturated rings. The fraction of sp³-hybridized carbons (Fsp3) is 0.478. The molecule has 0 radical (unpaired) electrons. The van der Waals surface area contributed by atoms with Gasteiger partial charge >= 0.3 is 0 Å². The first kappa shape index (κ1) is 23.4. The van der Waals surface area contributed by atoms with Gasteiger partial charge in [-0.15, -0.1) is 0 Å². The van der Waals surface area contributed by atoms with E-state index in [2.05, 4.69) is 16.3 Å². The topological polar surface area (TPSA) is 98.4 Å². The first-order chi connectivity index (χ1) is 15.7. The summed E-state index contributed by atoms with van der Waals surface area (Å²) in [4.78, 5) is 17.1. The van der Waals surface area contributed by atoms with Crippen LogP contribution in [-0.4, -0.2) is 79.0 Å². The molecule has 1 aromatic heterocycles. The number of amides is 1. The van der Waals surface area contributed by atoms with Gasteiger partial charge in [0.2, 0.25) is 5.91 Å². The Kier molecular flexibility index (Phi) is 6.56. The molecule has 1 N–H and O–H groups in total. The number of anilines is 1. The van der Waals surface area contributed by atoms with Crippen molar-refractivity contribution in [3.05, 3.63) is 46.9 Å². The molecule has 8 nitrogen and oxygen atoms in total. The molecule has 0 saturated carbocycles. The number of nitrogens with one attached hydrogen (secondary N) is 1. The molecule has 0 aliphatic carbocycles. The lowest BCUT2D eigenvalue weighted by molar-refractivity contribution is -0.117. The number of benzene rings is 1. The zero-order chi connectivity index (χ0) is 23.8. The highest BCUT2D eigenvalue weighted by atomic mass is 32.2. The average Bonchev–Trinajstić information content (AvgIpc) is 3.24. The SMILES string of the molecule is Cc1c(C#N)c(NC(=O)CN2CCN([C@@H]3CCS(=O)(=O)C3)CC2)n(-c2cccc(F)c2)c1C. The Bertz CT molecular complexity index is 1210. The second-order valence-electron chi connectivity index (χ2n) is 8.78. The molecule has 1 amide bonds. The van der Waals surface area contributed by atoms with E-state index in [1.807, 2.05) is 18.7 Å². The van der Waals surface area contributed by atoms with Crippen LogP contribution in [0, 0.1) is 31.0 Å². The number of aromatic nitrogens is 1.